The second-order valence-electron chi connectivity index (χ2n) is 5.39. The molecule has 2 rings (SSSR count). The van der Waals surface area contributed by atoms with E-state index < -0.39 is 30.2 Å². The summed E-state index contributed by atoms with van der Waals surface area (Å²) in [6, 6.07) is 8.21. The third-order valence-corrected chi connectivity index (χ3v) is 3.91. The van der Waals surface area contributed by atoms with Crippen LogP contribution in [0.15, 0.2) is 30.3 Å². The highest BCUT2D eigenvalue weighted by Crippen LogP contribution is 2.28. The molecule has 0 spiro atoms. The van der Waals surface area contributed by atoms with Gasteiger partial charge in [-0.15, -0.1) is 0 Å². The fourth-order valence-corrected chi connectivity index (χ4v) is 2.82. The molecule has 0 saturated carbocycles. The highest BCUT2D eigenvalue weighted by Gasteiger charge is 2.43. The van der Waals surface area contributed by atoms with Crippen LogP contribution in [0.5, 0.6) is 0 Å². The zero-order valence-corrected chi connectivity index (χ0v) is 13.8. The average molecular weight is 335 g/mol. The summed E-state index contributed by atoms with van der Waals surface area (Å²) < 4.78 is 14.2. The molecule has 1 heterocycles. The van der Waals surface area contributed by atoms with E-state index in [0.29, 0.717) is 19.4 Å². The Morgan fingerprint density at radius 3 is 2.29 bits per heavy atom. The fourth-order valence-electron chi connectivity index (χ4n) is 2.82. The fraction of sp³-hybridized carbons (Fsp3) is 0.471. The normalized spacial score (nSPS) is 20.4. The standard InChI is InChI=1S/C17H21NO6/c1-3-23-17(21)24-16(20)14-10-9-13(15(19)22-2)18(14)11-12-7-5-4-6-8-12/h4-8,13-14H,3,9-11H2,1-2H3/t13-,14+/m1/s1. The third-order valence-electron chi connectivity index (χ3n) is 3.91. The van der Waals surface area contributed by atoms with Crippen molar-refractivity contribution >= 4 is 18.1 Å². The molecule has 24 heavy (non-hydrogen) atoms. The minimum atomic E-state index is -1.02. The molecule has 0 N–H and O–H groups in total. The Hall–Kier alpha value is -2.41. The molecule has 1 aliphatic rings. The number of nitrogens with zero attached hydrogens (tertiary/aromatic N) is 1. The van der Waals surface area contributed by atoms with Crippen molar-refractivity contribution in [1.29, 1.82) is 0 Å². The molecule has 0 unspecified atom stereocenters. The second-order valence-corrected chi connectivity index (χ2v) is 5.39. The van der Waals surface area contributed by atoms with Crippen molar-refractivity contribution < 1.29 is 28.6 Å². The van der Waals surface area contributed by atoms with Gasteiger partial charge in [0, 0.05) is 6.54 Å². The van der Waals surface area contributed by atoms with Crippen LogP contribution >= 0.6 is 0 Å². The number of benzene rings is 1. The lowest BCUT2D eigenvalue weighted by molar-refractivity contribution is -0.150. The Labute approximate surface area is 140 Å². The van der Waals surface area contributed by atoms with Crippen molar-refractivity contribution in [3.05, 3.63) is 35.9 Å². The number of esters is 2. The van der Waals surface area contributed by atoms with Gasteiger partial charge in [-0.25, -0.2) is 9.59 Å². The zero-order chi connectivity index (χ0) is 17.5. The van der Waals surface area contributed by atoms with Gasteiger partial charge >= 0.3 is 18.1 Å². The van der Waals surface area contributed by atoms with Crippen LogP contribution in [0, 0.1) is 0 Å². The van der Waals surface area contributed by atoms with Crippen LogP contribution in [0.1, 0.15) is 25.3 Å². The predicted molar refractivity (Wildman–Crippen MR) is 83.9 cm³/mol. The second kappa shape index (κ2) is 8.44. The van der Waals surface area contributed by atoms with E-state index in [1.54, 1.807) is 11.8 Å². The van der Waals surface area contributed by atoms with Gasteiger partial charge in [-0.2, -0.15) is 0 Å². The first-order chi connectivity index (χ1) is 11.6. The molecule has 0 bridgehead atoms. The first kappa shape index (κ1) is 17.9. The molecule has 1 fully saturated rings. The van der Waals surface area contributed by atoms with E-state index in [-0.39, 0.29) is 6.61 Å². The van der Waals surface area contributed by atoms with E-state index in [9.17, 15) is 14.4 Å². The molecular formula is C17H21NO6. The van der Waals surface area contributed by atoms with Gasteiger partial charge < -0.3 is 14.2 Å². The lowest BCUT2D eigenvalue weighted by Crippen LogP contribution is -2.45. The first-order valence-corrected chi connectivity index (χ1v) is 7.82. The summed E-state index contributed by atoms with van der Waals surface area (Å²) in [5.41, 5.74) is 0.947. The SMILES string of the molecule is CCOC(=O)OC(=O)[C@@H]1CC[C@H](C(=O)OC)N1Cc1ccccc1. The van der Waals surface area contributed by atoms with Crippen LogP contribution < -0.4 is 0 Å². The summed E-state index contributed by atoms with van der Waals surface area (Å²) in [6.45, 7) is 2.12. The summed E-state index contributed by atoms with van der Waals surface area (Å²) in [5, 5.41) is 0. The molecule has 0 aliphatic carbocycles. The monoisotopic (exact) mass is 335 g/mol. The van der Waals surface area contributed by atoms with Gasteiger partial charge in [-0.05, 0) is 25.3 Å². The van der Waals surface area contributed by atoms with Crippen molar-refractivity contribution in [2.24, 2.45) is 0 Å². The molecule has 7 nitrogen and oxygen atoms in total. The Balaban J connectivity index is 2.14. The summed E-state index contributed by atoms with van der Waals surface area (Å²) in [4.78, 5) is 37.4. The molecule has 1 aromatic carbocycles. The molecule has 7 heteroatoms. The average Bonchev–Trinajstić information content (AvgIpc) is 2.99. The number of carbonyl (C=O) groups is 3. The Bertz CT molecular complexity index is 588. The molecule has 1 saturated heterocycles. The zero-order valence-electron chi connectivity index (χ0n) is 13.8. The van der Waals surface area contributed by atoms with Gasteiger partial charge in [0.25, 0.3) is 0 Å². The van der Waals surface area contributed by atoms with Gasteiger partial charge in [-0.3, -0.25) is 9.69 Å². The van der Waals surface area contributed by atoms with Crippen LogP contribution in [0.4, 0.5) is 4.79 Å². The largest absolute Gasteiger partial charge is 0.516 e. The highest BCUT2D eigenvalue weighted by molar-refractivity contribution is 5.87. The maximum absolute atomic E-state index is 12.3. The maximum atomic E-state index is 12.3. The Morgan fingerprint density at radius 1 is 1.08 bits per heavy atom. The third kappa shape index (κ3) is 4.32. The van der Waals surface area contributed by atoms with Gasteiger partial charge in [0.1, 0.15) is 12.1 Å². The van der Waals surface area contributed by atoms with Gasteiger partial charge in [0.05, 0.1) is 13.7 Å². The minimum Gasteiger partial charge on any atom is -0.468 e. The molecule has 1 aliphatic heterocycles. The minimum absolute atomic E-state index is 0.120. The molecule has 0 radical (unpaired) electrons. The number of hydrogen-bond donors (Lipinski definition) is 0. The molecule has 0 aromatic heterocycles. The number of carbonyl (C=O) groups excluding carboxylic acids is 3. The number of ether oxygens (including phenoxy) is 3. The van der Waals surface area contributed by atoms with Crippen LogP contribution in [0.2, 0.25) is 0 Å². The van der Waals surface area contributed by atoms with E-state index >= 15 is 0 Å². The van der Waals surface area contributed by atoms with Crippen LogP contribution in [-0.4, -0.2) is 48.8 Å². The molecule has 1 aromatic rings. The van der Waals surface area contributed by atoms with Crippen molar-refractivity contribution in [1.82, 2.24) is 4.90 Å². The van der Waals surface area contributed by atoms with Crippen LogP contribution in [-0.2, 0) is 30.3 Å². The van der Waals surface area contributed by atoms with Gasteiger partial charge in [0.2, 0.25) is 0 Å². The maximum Gasteiger partial charge on any atom is 0.516 e. The summed E-state index contributed by atoms with van der Waals surface area (Å²) in [5.74, 6) is -1.12. The quantitative estimate of drug-likeness (QED) is 0.600. The number of methoxy groups -OCH3 is 1. The predicted octanol–water partition coefficient (Wildman–Crippen LogP) is 1.89. The number of rotatable bonds is 5. The Morgan fingerprint density at radius 2 is 1.71 bits per heavy atom. The van der Waals surface area contributed by atoms with Crippen LogP contribution in [0.3, 0.4) is 0 Å². The molecule has 2 atom stereocenters. The number of hydrogen-bond acceptors (Lipinski definition) is 7. The smallest absolute Gasteiger partial charge is 0.468 e. The molecular weight excluding hydrogens is 314 g/mol. The first-order valence-electron chi connectivity index (χ1n) is 7.82. The van der Waals surface area contributed by atoms with Crippen molar-refractivity contribution in [3.63, 3.8) is 0 Å². The summed E-state index contributed by atoms with van der Waals surface area (Å²) in [6.07, 6.45) is -0.156. The number of likely N-dealkylation sites (tertiary alicyclic amines) is 1. The summed E-state index contributed by atoms with van der Waals surface area (Å²) in [7, 11) is 1.31. The lowest BCUT2D eigenvalue weighted by atomic mass is 10.2. The lowest BCUT2D eigenvalue weighted by Gasteiger charge is -2.27. The van der Waals surface area contributed by atoms with Crippen molar-refractivity contribution in [2.75, 3.05) is 13.7 Å². The summed E-state index contributed by atoms with van der Waals surface area (Å²) >= 11 is 0. The Kier molecular flexibility index (Phi) is 6.31. The van der Waals surface area contributed by atoms with E-state index in [1.165, 1.54) is 7.11 Å². The van der Waals surface area contributed by atoms with E-state index in [1.807, 2.05) is 30.3 Å². The van der Waals surface area contributed by atoms with E-state index in [0.717, 1.165) is 5.56 Å². The van der Waals surface area contributed by atoms with Gasteiger partial charge in [-0.1, -0.05) is 30.3 Å². The van der Waals surface area contributed by atoms with Crippen LogP contribution in [0.25, 0.3) is 0 Å². The van der Waals surface area contributed by atoms with Gasteiger partial charge in [0.15, 0.2) is 0 Å². The van der Waals surface area contributed by atoms with E-state index in [4.69, 9.17) is 9.47 Å². The highest BCUT2D eigenvalue weighted by atomic mass is 16.7. The molecule has 130 valence electrons. The van der Waals surface area contributed by atoms with Crippen molar-refractivity contribution in [3.8, 4) is 0 Å². The molecule has 0 amide bonds. The van der Waals surface area contributed by atoms with E-state index in [2.05, 4.69) is 4.74 Å². The van der Waals surface area contributed by atoms with Crippen molar-refractivity contribution in [2.45, 2.75) is 38.4 Å². The topological polar surface area (TPSA) is 82.1 Å².